The highest BCUT2D eigenvalue weighted by Gasteiger charge is 2.49. The number of methoxy groups -OCH3 is 1. The normalized spacial score (nSPS) is 32.8. The van der Waals surface area contributed by atoms with Gasteiger partial charge in [-0.05, 0) is 13.3 Å². The molecule has 2 aliphatic rings. The summed E-state index contributed by atoms with van der Waals surface area (Å²) in [6.45, 7) is 9.99. The summed E-state index contributed by atoms with van der Waals surface area (Å²) in [4.78, 5) is 0. The standard InChI is InChI=1S/C15H29NO3/c1-5-19-13-10-12(14(13,2)3)16-11-15(17-4)6-8-18-9-7-15/h12-13,16H,5-11H2,1-4H3/t12-,13-/m0/s1. The molecular weight excluding hydrogens is 242 g/mol. The Morgan fingerprint density at radius 3 is 2.47 bits per heavy atom. The third-order valence-electron chi connectivity index (χ3n) is 5.05. The second kappa shape index (κ2) is 6.08. The van der Waals surface area contributed by atoms with Crippen LogP contribution in [0.3, 0.4) is 0 Å². The first kappa shape index (κ1) is 15.2. The van der Waals surface area contributed by atoms with E-state index in [2.05, 4.69) is 26.1 Å². The maximum atomic E-state index is 5.78. The Bertz CT molecular complexity index is 287. The molecule has 1 N–H and O–H groups in total. The maximum absolute atomic E-state index is 5.78. The molecule has 0 amide bonds. The van der Waals surface area contributed by atoms with E-state index in [9.17, 15) is 0 Å². The van der Waals surface area contributed by atoms with Gasteiger partial charge in [-0.15, -0.1) is 0 Å². The average molecular weight is 271 g/mol. The van der Waals surface area contributed by atoms with Crippen molar-refractivity contribution in [1.82, 2.24) is 5.32 Å². The highest BCUT2D eigenvalue weighted by atomic mass is 16.5. The van der Waals surface area contributed by atoms with Gasteiger partial charge in [0.15, 0.2) is 0 Å². The molecule has 1 saturated heterocycles. The van der Waals surface area contributed by atoms with E-state index in [4.69, 9.17) is 14.2 Å². The fourth-order valence-corrected chi connectivity index (χ4v) is 3.22. The molecular formula is C15H29NO3. The lowest BCUT2D eigenvalue weighted by atomic mass is 9.64. The molecule has 1 heterocycles. The van der Waals surface area contributed by atoms with E-state index >= 15 is 0 Å². The van der Waals surface area contributed by atoms with Crippen molar-refractivity contribution in [3.05, 3.63) is 0 Å². The second-order valence-electron chi connectivity index (χ2n) is 6.43. The third kappa shape index (κ3) is 3.13. The maximum Gasteiger partial charge on any atom is 0.0846 e. The summed E-state index contributed by atoms with van der Waals surface area (Å²) < 4.78 is 17.0. The molecule has 0 radical (unpaired) electrons. The van der Waals surface area contributed by atoms with Gasteiger partial charge in [0, 0.05) is 57.8 Å². The van der Waals surface area contributed by atoms with Crippen molar-refractivity contribution in [2.45, 2.75) is 57.8 Å². The first-order valence-corrected chi connectivity index (χ1v) is 7.52. The van der Waals surface area contributed by atoms with Crippen LogP contribution in [0.5, 0.6) is 0 Å². The fourth-order valence-electron chi connectivity index (χ4n) is 3.22. The Balaban J connectivity index is 1.82. The molecule has 0 spiro atoms. The molecule has 4 heteroatoms. The Morgan fingerprint density at radius 1 is 1.26 bits per heavy atom. The first-order valence-electron chi connectivity index (χ1n) is 7.52. The first-order chi connectivity index (χ1) is 9.04. The Kier molecular flexibility index (Phi) is 4.88. The van der Waals surface area contributed by atoms with Gasteiger partial charge >= 0.3 is 0 Å². The molecule has 112 valence electrons. The van der Waals surface area contributed by atoms with Crippen LogP contribution in [-0.2, 0) is 14.2 Å². The van der Waals surface area contributed by atoms with E-state index in [0.29, 0.717) is 12.1 Å². The van der Waals surface area contributed by atoms with Crippen LogP contribution in [0.4, 0.5) is 0 Å². The van der Waals surface area contributed by atoms with Crippen LogP contribution in [0, 0.1) is 5.41 Å². The Hall–Kier alpha value is -0.160. The van der Waals surface area contributed by atoms with E-state index < -0.39 is 0 Å². The van der Waals surface area contributed by atoms with Crippen molar-refractivity contribution in [1.29, 1.82) is 0 Å². The van der Waals surface area contributed by atoms with Gasteiger partial charge in [0.25, 0.3) is 0 Å². The van der Waals surface area contributed by atoms with E-state index in [-0.39, 0.29) is 11.0 Å². The van der Waals surface area contributed by atoms with Gasteiger partial charge in [0.2, 0.25) is 0 Å². The summed E-state index contributed by atoms with van der Waals surface area (Å²) in [5.74, 6) is 0. The Morgan fingerprint density at radius 2 is 1.95 bits per heavy atom. The van der Waals surface area contributed by atoms with Crippen LogP contribution in [-0.4, -0.2) is 51.2 Å². The van der Waals surface area contributed by atoms with Gasteiger partial charge < -0.3 is 19.5 Å². The minimum Gasteiger partial charge on any atom is -0.381 e. The lowest BCUT2D eigenvalue weighted by Gasteiger charge is -2.53. The Labute approximate surface area is 117 Å². The monoisotopic (exact) mass is 271 g/mol. The summed E-state index contributed by atoms with van der Waals surface area (Å²) in [7, 11) is 1.82. The number of nitrogens with one attached hydrogen (secondary N) is 1. The third-order valence-corrected chi connectivity index (χ3v) is 5.05. The zero-order chi connectivity index (χ0) is 13.9. The lowest BCUT2D eigenvalue weighted by molar-refractivity contribution is -0.128. The molecule has 2 atom stereocenters. The average Bonchev–Trinajstić information content (AvgIpc) is 2.43. The highest BCUT2D eigenvalue weighted by molar-refractivity contribution is 5.03. The van der Waals surface area contributed by atoms with Crippen LogP contribution in [0.25, 0.3) is 0 Å². The summed E-state index contributed by atoms with van der Waals surface area (Å²) >= 11 is 0. The van der Waals surface area contributed by atoms with Crippen molar-refractivity contribution < 1.29 is 14.2 Å². The highest BCUT2D eigenvalue weighted by Crippen LogP contribution is 2.43. The van der Waals surface area contributed by atoms with Crippen molar-refractivity contribution in [2.24, 2.45) is 5.41 Å². The van der Waals surface area contributed by atoms with Gasteiger partial charge in [0.05, 0.1) is 11.7 Å². The van der Waals surface area contributed by atoms with Crippen LogP contribution in [0.2, 0.25) is 0 Å². The molecule has 2 rings (SSSR count). The smallest absolute Gasteiger partial charge is 0.0846 e. The molecule has 0 bridgehead atoms. The predicted octanol–water partition coefficient (Wildman–Crippen LogP) is 1.98. The quantitative estimate of drug-likeness (QED) is 0.802. The molecule has 0 unspecified atom stereocenters. The van der Waals surface area contributed by atoms with Gasteiger partial charge in [-0.2, -0.15) is 0 Å². The summed E-state index contributed by atoms with van der Waals surface area (Å²) in [6, 6.07) is 0.527. The van der Waals surface area contributed by atoms with E-state index in [1.807, 2.05) is 7.11 Å². The zero-order valence-corrected chi connectivity index (χ0v) is 12.8. The zero-order valence-electron chi connectivity index (χ0n) is 12.8. The number of hydrogen-bond donors (Lipinski definition) is 1. The predicted molar refractivity (Wildman–Crippen MR) is 75.4 cm³/mol. The molecule has 0 aromatic rings. The molecule has 4 nitrogen and oxygen atoms in total. The van der Waals surface area contributed by atoms with Crippen molar-refractivity contribution in [2.75, 3.05) is 33.5 Å². The molecule has 1 saturated carbocycles. The molecule has 19 heavy (non-hydrogen) atoms. The van der Waals surface area contributed by atoms with Gasteiger partial charge in [-0.1, -0.05) is 13.8 Å². The van der Waals surface area contributed by atoms with E-state index in [0.717, 1.165) is 45.6 Å². The van der Waals surface area contributed by atoms with E-state index in [1.54, 1.807) is 0 Å². The van der Waals surface area contributed by atoms with Gasteiger partial charge in [-0.25, -0.2) is 0 Å². The topological polar surface area (TPSA) is 39.7 Å². The van der Waals surface area contributed by atoms with Crippen molar-refractivity contribution in [3.63, 3.8) is 0 Å². The molecule has 0 aromatic heterocycles. The van der Waals surface area contributed by atoms with Crippen LogP contribution < -0.4 is 5.32 Å². The second-order valence-corrected chi connectivity index (χ2v) is 6.43. The molecule has 1 aliphatic carbocycles. The van der Waals surface area contributed by atoms with Crippen LogP contribution in [0.1, 0.15) is 40.0 Å². The number of ether oxygens (including phenoxy) is 3. The lowest BCUT2D eigenvalue weighted by Crippen LogP contribution is -2.63. The van der Waals surface area contributed by atoms with Crippen LogP contribution >= 0.6 is 0 Å². The van der Waals surface area contributed by atoms with Crippen molar-refractivity contribution in [3.8, 4) is 0 Å². The summed E-state index contributed by atoms with van der Waals surface area (Å²) in [5.41, 5.74) is 0.182. The summed E-state index contributed by atoms with van der Waals surface area (Å²) in [5, 5.41) is 3.70. The van der Waals surface area contributed by atoms with Crippen LogP contribution in [0.15, 0.2) is 0 Å². The molecule has 0 aromatic carbocycles. The minimum absolute atomic E-state index is 0.0367. The number of rotatable bonds is 6. The molecule has 1 aliphatic heterocycles. The van der Waals surface area contributed by atoms with Gasteiger partial charge in [0.1, 0.15) is 0 Å². The molecule has 2 fully saturated rings. The van der Waals surface area contributed by atoms with Crippen molar-refractivity contribution >= 4 is 0 Å². The minimum atomic E-state index is -0.0367. The largest absolute Gasteiger partial charge is 0.381 e. The fraction of sp³-hybridized carbons (Fsp3) is 1.00. The summed E-state index contributed by atoms with van der Waals surface area (Å²) in [6.07, 6.45) is 3.47. The van der Waals surface area contributed by atoms with E-state index in [1.165, 1.54) is 0 Å². The SMILES string of the molecule is CCO[C@H]1C[C@H](NCC2(OC)CCOCC2)C1(C)C. The number of hydrogen-bond acceptors (Lipinski definition) is 4. The van der Waals surface area contributed by atoms with Gasteiger partial charge in [-0.3, -0.25) is 0 Å².